The Balaban J connectivity index is 1.84. The minimum Gasteiger partial charge on any atom is -0.330 e. The molecule has 2 aromatic rings. The maximum Gasteiger partial charge on any atom is 0.0708 e. The van der Waals surface area contributed by atoms with E-state index < -0.39 is 0 Å². The zero-order chi connectivity index (χ0) is 14.7. The normalized spacial score (nSPS) is 19.4. The molecule has 1 aromatic heterocycles. The number of aryl methyl sites for hydroxylation is 1. The van der Waals surface area contributed by atoms with Crippen molar-refractivity contribution in [1.82, 2.24) is 9.88 Å². The summed E-state index contributed by atoms with van der Waals surface area (Å²) in [6.45, 7) is 5.15. The van der Waals surface area contributed by atoms with E-state index in [-0.39, 0.29) is 0 Å². The van der Waals surface area contributed by atoms with Gasteiger partial charge in [0, 0.05) is 23.7 Å². The zero-order valence-corrected chi connectivity index (χ0v) is 12.9. The molecule has 0 spiro atoms. The van der Waals surface area contributed by atoms with Gasteiger partial charge in [-0.25, -0.2) is 0 Å². The van der Waals surface area contributed by atoms with Crippen molar-refractivity contribution >= 4 is 10.9 Å². The third-order valence-electron chi connectivity index (χ3n) is 4.54. The second kappa shape index (κ2) is 6.54. The third kappa shape index (κ3) is 3.25. The zero-order valence-electron chi connectivity index (χ0n) is 12.9. The van der Waals surface area contributed by atoms with Gasteiger partial charge < -0.3 is 5.73 Å². The summed E-state index contributed by atoms with van der Waals surface area (Å²) in [7, 11) is 0. The van der Waals surface area contributed by atoms with Crippen LogP contribution >= 0.6 is 0 Å². The lowest BCUT2D eigenvalue weighted by atomic mass is 10.1. The van der Waals surface area contributed by atoms with Crippen molar-refractivity contribution in [2.75, 3.05) is 13.1 Å². The molecule has 1 aromatic carbocycles. The quantitative estimate of drug-likeness (QED) is 0.916. The minimum absolute atomic E-state index is 0.709. The molecule has 21 heavy (non-hydrogen) atoms. The van der Waals surface area contributed by atoms with Crippen molar-refractivity contribution in [3.63, 3.8) is 0 Å². The fourth-order valence-electron chi connectivity index (χ4n) is 3.53. The molecule has 0 radical (unpaired) electrons. The van der Waals surface area contributed by atoms with Crippen LogP contribution in [0, 0.1) is 6.92 Å². The highest BCUT2D eigenvalue weighted by molar-refractivity contribution is 5.82. The second-order valence-corrected chi connectivity index (χ2v) is 6.14. The van der Waals surface area contributed by atoms with E-state index in [1.807, 2.05) is 0 Å². The monoisotopic (exact) mass is 283 g/mol. The lowest BCUT2D eigenvalue weighted by Gasteiger charge is -2.25. The van der Waals surface area contributed by atoms with E-state index in [0.29, 0.717) is 6.04 Å². The van der Waals surface area contributed by atoms with Gasteiger partial charge in [-0.05, 0) is 63.4 Å². The fraction of sp³-hybridized carbons (Fsp3) is 0.500. The van der Waals surface area contributed by atoms with E-state index >= 15 is 0 Å². The number of benzene rings is 1. The van der Waals surface area contributed by atoms with E-state index in [4.69, 9.17) is 5.73 Å². The Hall–Kier alpha value is -1.45. The molecule has 2 heterocycles. The summed E-state index contributed by atoms with van der Waals surface area (Å²) in [5.41, 5.74) is 9.32. The second-order valence-electron chi connectivity index (χ2n) is 6.14. The molecule has 0 saturated carbocycles. The molecular weight excluding hydrogens is 258 g/mol. The van der Waals surface area contributed by atoms with E-state index in [9.17, 15) is 0 Å². The van der Waals surface area contributed by atoms with E-state index in [1.54, 1.807) is 0 Å². The maximum absolute atomic E-state index is 5.67. The van der Waals surface area contributed by atoms with E-state index in [1.165, 1.54) is 36.8 Å². The van der Waals surface area contributed by atoms with Gasteiger partial charge in [-0.3, -0.25) is 9.88 Å². The molecule has 2 N–H and O–H groups in total. The van der Waals surface area contributed by atoms with Crippen LogP contribution in [0.2, 0.25) is 0 Å². The van der Waals surface area contributed by atoms with Gasteiger partial charge in [-0.1, -0.05) is 18.2 Å². The average molecular weight is 283 g/mol. The van der Waals surface area contributed by atoms with Crippen LogP contribution in [0.4, 0.5) is 0 Å². The van der Waals surface area contributed by atoms with Crippen LogP contribution in [0.1, 0.15) is 36.9 Å². The molecule has 112 valence electrons. The van der Waals surface area contributed by atoms with Gasteiger partial charge in [-0.2, -0.15) is 0 Å². The first-order valence-electron chi connectivity index (χ1n) is 8.07. The van der Waals surface area contributed by atoms with Crippen molar-refractivity contribution in [3.8, 4) is 0 Å². The van der Waals surface area contributed by atoms with Crippen molar-refractivity contribution in [2.24, 2.45) is 5.73 Å². The van der Waals surface area contributed by atoms with Gasteiger partial charge in [0.2, 0.25) is 0 Å². The van der Waals surface area contributed by atoms with Crippen molar-refractivity contribution < 1.29 is 0 Å². The van der Waals surface area contributed by atoms with Crippen molar-refractivity contribution in [1.29, 1.82) is 0 Å². The van der Waals surface area contributed by atoms with Crippen LogP contribution in [0.5, 0.6) is 0 Å². The van der Waals surface area contributed by atoms with E-state index in [0.717, 1.165) is 30.7 Å². The number of hydrogen-bond acceptors (Lipinski definition) is 3. The van der Waals surface area contributed by atoms with Crippen LogP contribution in [-0.2, 0) is 6.54 Å². The number of nitrogens with zero attached hydrogens (tertiary/aromatic N) is 2. The standard InChI is InChI=1S/C18H25N3/c1-14-12-15(17-8-2-3-9-18(17)20-14)13-21-11-5-7-16(21)6-4-10-19/h2-3,8-9,12,16H,4-7,10-11,13,19H2,1H3. The van der Waals surface area contributed by atoms with Crippen molar-refractivity contribution in [3.05, 3.63) is 41.6 Å². The molecule has 1 unspecified atom stereocenters. The average Bonchev–Trinajstić information content (AvgIpc) is 2.92. The summed E-state index contributed by atoms with van der Waals surface area (Å²) in [4.78, 5) is 7.28. The number of nitrogens with two attached hydrogens (primary N) is 1. The topological polar surface area (TPSA) is 42.1 Å². The number of pyridine rings is 1. The molecule has 1 aliphatic rings. The Morgan fingerprint density at radius 3 is 3.05 bits per heavy atom. The first kappa shape index (κ1) is 14.5. The highest BCUT2D eigenvalue weighted by Crippen LogP contribution is 2.26. The molecule has 0 amide bonds. The van der Waals surface area contributed by atoms with Gasteiger partial charge in [0.15, 0.2) is 0 Å². The van der Waals surface area contributed by atoms with Crippen LogP contribution < -0.4 is 5.73 Å². The molecule has 3 heteroatoms. The highest BCUT2D eigenvalue weighted by atomic mass is 15.2. The first-order chi connectivity index (χ1) is 10.3. The third-order valence-corrected chi connectivity index (χ3v) is 4.54. The molecule has 3 nitrogen and oxygen atoms in total. The molecule has 1 saturated heterocycles. The smallest absolute Gasteiger partial charge is 0.0708 e. The number of fused-ring (bicyclic) bond motifs is 1. The fourth-order valence-corrected chi connectivity index (χ4v) is 3.53. The predicted octanol–water partition coefficient (Wildman–Crippen LogP) is 3.25. The molecule has 1 aliphatic heterocycles. The van der Waals surface area contributed by atoms with Crippen molar-refractivity contribution in [2.45, 2.75) is 45.2 Å². The number of para-hydroxylation sites is 1. The lowest BCUT2D eigenvalue weighted by Crippen LogP contribution is -2.29. The largest absolute Gasteiger partial charge is 0.330 e. The number of aromatic nitrogens is 1. The minimum atomic E-state index is 0.709. The Bertz CT molecular complexity index is 608. The van der Waals surface area contributed by atoms with Gasteiger partial charge in [0.05, 0.1) is 5.52 Å². The van der Waals surface area contributed by atoms with Crippen LogP contribution in [0.3, 0.4) is 0 Å². The Morgan fingerprint density at radius 1 is 1.33 bits per heavy atom. The SMILES string of the molecule is Cc1cc(CN2CCCC2CCCN)c2ccccc2n1. The van der Waals surface area contributed by atoms with Gasteiger partial charge in [-0.15, -0.1) is 0 Å². The maximum atomic E-state index is 5.67. The molecule has 1 fully saturated rings. The Labute approximate surface area is 127 Å². The van der Waals surface area contributed by atoms with Crippen LogP contribution in [0.15, 0.2) is 30.3 Å². The lowest BCUT2D eigenvalue weighted by molar-refractivity contribution is 0.233. The summed E-state index contributed by atoms with van der Waals surface area (Å²) in [6, 6.07) is 11.4. The predicted molar refractivity (Wildman–Crippen MR) is 88.2 cm³/mol. The number of hydrogen-bond donors (Lipinski definition) is 1. The first-order valence-corrected chi connectivity index (χ1v) is 8.07. The van der Waals surface area contributed by atoms with E-state index in [2.05, 4.69) is 47.1 Å². The Kier molecular flexibility index (Phi) is 4.51. The Morgan fingerprint density at radius 2 is 2.19 bits per heavy atom. The molecule has 0 aliphatic carbocycles. The summed E-state index contributed by atoms with van der Waals surface area (Å²) in [5, 5.41) is 1.30. The molecule has 0 bridgehead atoms. The summed E-state index contributed by atoms with van der Waals surface area (Å²) < 4.78 is 0. The summed E-state index contributed by atoms with van der Waals surface area (Å²) in [6.07, 6.45) is 5.01. The van der Waals surface area contributed by atoms with Crippen LogP contribution in [-0.4, -0.2) is 29.0 Å². The highest BCUT2D eigenvalue weighted by Gasteiger charge is 2.24. The summed E-state index contributed by atoms with van der Waals surface area (Å²) in [5.74, 6) is 0. The molecule has 3 rings (SSSR count). The molecular formula is C18H25N3. The van der Waals surface area contributed by atoms with Gasteiger partial charge in [0.1, 0.15) is 0 Å². The number of rotatable bonds is 5. The number of likely N-dealkylation sites (tertiary alicyclic amines) is 1. The van der Waals surface area contributed by atoms with Gasteiger partial charge >= 0.3 is 0 Å². The van der Waals surface area contributed by atoms with Gasteiger partial charge in [0.25, 0.3) is 0 Å². The van der Waals surface area contributed by atoms with Crippen LogP contribution in [0.25, 0.3) is 10.9 Å². The molecule has 1 atom stereocenters. The summed E-state index contributed by atoms with van der Waals surface area (Å²) >= 11 is 0.